The zero-order valence-corrected chi connectivity index (χ0v) is 11.4. The lowest BCUT2D eigenvalue weighted by Crippen LogP contribution is -2.29. The molecule has 5 heteroatoms. The van der Waals surface area contributed by atoms with Crippen molar-refractivity contribution in [2.75, 3.05) is 0 Å². The van der Waals surface area contributed by atoms with E-state index in [4.69, 9.17) is 16.7 Å². The number of aromatic nitrogens is 1. The Balaban J connectivity index is 2.54. The quantitative estimate of drug-likeness (QED) is 0.907. The molecule has 0 aliphatic carbocycles. The van der Waals surface area contributed by atoms with Gasteiger partial charge < -0.3 is 10.1 Å². The summed E-state index contributed by atoms with van der Waals surface area (Å²) < 4.78 is 0. The third kappa shape index (κ3) is 2.63. The van der Waals surface area contributed by atoms with Crippen LogP contribution in [0.5, 0.6) is 0 Å². The van der Waals surface area contributed by atoms with Gasteiger partial charge in [0.05, 0.1) is 16.0 Å². The molecule has 0 saturated carbocycles. The van der Waals surface area contributed by atoms with E-state index in [0.717, 1.165) is 5.39 Å². The van der Waals surface area contributed by atoms with Crippen molar-refractivity contribution in [3.8, 4) is 0 Å². The molecule has 0 spiro atoms. The third-order valence-corrected chi connectivity index (χ3v) is 3.43. The van der Waals surface area contributed by atoms with Gasteiger partial charge in [-0.25, -0.2) is 0 Å². The number of H-pyrrole nitrogens is 1. The number of aromatic amines is 1. The number of rotatable bonds is 3. The minimum Gasteiger partial charge on any atom is -0.481 e. The molecule has 0 fully saturated rings. The fourth-order valence-electron chi connectivity index (χ4n) is 1.92. The molecule has 1 heterocycles. The number of halogens is 1. The number of hydrogen-bond acceptors (Lipinski definition) is 2. The molecular formula is C14H14ClNO3. The number of para-hydroxylation sites is 1. The highest BCUT2D eigenvalue weighted by molar-refractivity contribution is 6.35. The molecule has 0 aliphatic rings. The third-order valence-electron chi connectivity index (χ3n) is 3.12. The molecule has 19 heavy (non-hydrogen) atoms. The number of nitrogens with one attached hydrogen (secondary N) is 1. The predicted molar refractivity (Wildman–Crippen MR) is 74.7 cm³/mol. The van der Waals surface area contributed by atoms with Gasteiger partial charge in [0.2, 0.25) is 0 Å². The summed E-state index contributed by atoms with van der Waals surface area (Å²) in [5.41, 5.74) is -0.262. The standard InChI is InChI=1S/C14H14ClNO3/c1-14(2,13(18)19)7-9-6-8-4-3-5-10(15)11(8)16-12(9)17/h3-6H,7H2,1-2H3,(H,16,17)(H,18,19). The number of carboxylic acids is 1. The van der Waals surface area contributed by atoms with Crippen molar-refractivity contribution in [1.29, 1.82) is 0 Å². The molecular weight excluding hydrogens is 266 g/mol. The van der Waals surface area contributed by atoms with E-state index in [0.29, 0.717) is 16.1 Å². The lowest BCUT2D eigenvalue weighted by atomic mass is 9.86. The zero-order valence-electron chi connectivity index (χ0n) is 10.7. The molecule has 1 aromatic carbocycles. The largest absolute Gasteiger partial charge is 0.481 e. The number of carboxylic acid groups (broad SMARTS) is 1. The van der Waals surface area contributed by atoms with Crippen LogP contribution in [0.3, 0.4) is 0 Å². The summed E-state index contributed by atoms with van der Waals surface area (Å²) in [5, 5.41) is 10.4. The van der Waals surface area contributed by atoms with E-state index in [-0.39, 0.29) is 12.0 Å². The molecule has 0 bridgehead atoms. The van der Waals surface area contributed by atoms with Crippen LogP contribution in [-0.2, 0) is 11.2 Å². The van der Waals surface area contributed by atoms with Gasteiger partial charge in [-0.15, -0.1) is 0 Å². The number of pyridine rings is 1. The fraction of sp³-hybridized carbons (Fsp3) is 0.286. The van der Waals surface area contributed by atoms with Crippen LogP contribution in [0.15, 0.2) is 29.1 Å². The Labute approximate surface area is 115 Å². The van der Waals surface area contributed by atoms with E-state index in [1.165, 1.54) is 0 Å². The lowest BCUT2D eigenvalue weighted by molar-refractivity contribution is -0.146. The maximum absolute atomic E-state index is 12.0. The maximum Gasteiger partial charge on any atom is 0.309 e. The van der Waals surface area contributed by atoms with Crippen molar-refractivity contribution >= 4 is 28.5 Å². The van der Waals surface area contributed by atoms with Crippen molar-refractivity contribution in [3.05, 3.63) is 45.2 Å². The molecule has 2 N–H and O–H groups in total. The Hall–Kier alpha value is -1.81. The second-order valence-corrected chi connectivity index (χ2v) is 5.60. The van der Waals surface area contributed by atoms with Crippen LogP contribution in [-0.4, -0.2) is 16.1 Å². The maximum atomic E-state index is 12.0. The van der Waals surface area contributed by atoms with Crippen molar-refractivity contribution in [1.82, 2.24) is 4.98 Å². The number of fused-ring (bicyclic) bond motifs is 1. The van der Waals surface area contributed by atoms with E-state index in [1.807, 2.05) is 6.07 Å². The smallest absolute Gasteiger partial charge is 0.309 e. The van der Waals surface area contributed by atoms with Crippen LogP contribution >= 0.6 is 11.6 Å². The van der Waals surface area contributed by atoms with Crippen molar-refractivity contribution < 1.29 is 9.90 Å². The van der Waals surface area contributed by atoms with Gasteiger partial charge in [0.1, 0.15) is 0 Å². The van der Waals surface area contributed by atoms with Crippen LogP contribution in [0.4, 0.5) is 0 Å². The van der Waals surface area contributed by atoms with Gasteiger partial charge in [0, 0.05) is 10.9 Å². The number of benzene rings is 1. The van der Waals surface area contributed by atoms with Gasteiger partial charge in [-0.3, -0.25) is 9.59 Å². The first kappa shape index (κ1) is 13.6. The highest BCUT2D eigenvalue weighted by Crippen LogP contribution is 2.24. The Morgan fingerprint density at radius 2 is 2.11 bits per heavy atom. The van der Waals surface area contributed by atoms with E-state index in [1.54, 1.807) is 32.0 Å². The Bertz CT molecular complexity index is 703. The van der Waals surface area contributed by atoms with Gasteiger partial charge in [-0.05, 0) is 32.4 Å². The summed E-state index contributed by atoms with van der Waals surface area (Å²) in [6.07, 6.45) is 0.167. The van der Waals surface area contributed by atoms with E-state index >= 15 is 0 Å². The minimum atomic E-state index is -0.987. The summed E-state index contributed by atoms with van der Waals surface area (Å²) in [4.78, 5) is 25.8. The lowest BCUT2D eigenvalue weighted by Gasteiger charge is -2.18. The molecule has 1 aromatic heterocycles. The number of carbonyl (C=O) groups is 1. The fourth-order valence-corrected chi connectivity index (χ4v) is 2.15. The zero-order chi connectivity index (χ0) is 14.2. The second kappa shape index (κ2) is 4.70. The molecule has 0 radical (unpaired) electrons. The van der Waals surface area contributed by atoms with Gasteiger partial charge in [0.15, 0.2) is 0 Å². The van der Waals surface area contributed by atoms with Crippen LogP contribution < -0.4 is 5.56 Å². The highest BCUT2D eigenvalue weighted by atomic mass is 35.5. The topological polar surface area (TPSA) is 70.2 Å². The normalized spacial score (nSPS) is 11.7. The van der Waals surface area contributed by atoms with Gasteiger partial charge in [-0.2, -0.15) is 0 Å². The summed E-state index contributed by atoms with van der Waals surface area (Å²) in [7, 11) is 0. The molecule has 100 valence electrons. The number of hydrogen-bond donors (Lipinski definition) is 2. The molecule has 2 rings (SSSR count). The first-order valence-electron chi connectivity index (χ1n) is 5.85. The van der Waals surface area contributed by atoms with E-state index < -0.39 is 11.4 Å². The molecule has 0 atom stereocenters. The monoisotopic (exact) mass is 279 g/mol. The average molecular weight is 280 g/mol. The Kier molecular flexibility index (Phi) is 3.37. The van der Waals surface area contributed by atoms with Crippen LogP contribution in [0, 0.1) is 5.41 Å². The summed E-state index contributed by atoms with van der Waals surface area (Å²) in [6.45, 7) is 3.19. The first-order valence-corrected chi connectivity index (χ1v) is 6.23. The van der Waals surface area contributed by atoms with Gasteiger partial charge >= 0.3 is 5.97 Å². The first-order chi connectivity index (χ1) is 8.81. The molecule has 0 aliphatic heterocycles. The molecule has 0 saturated heterocycles. The van der Waals surface area contributed by atoms with Gasteiger partial charge in [0.25, 0.3) is 5.56 Å². The molecule has 0 unspecified atom stereocenters. The van der Waals surface area contributed by atoms with Gasteiger partial charge in [-0.1, -0.05) is 23.7 Å². The van der Waals surface area contributed by atoms with Crippen molar-refractivity contribution in [3.63, 3.8) is 0 Å². The SMILES string of the molecule is CC(C)(Cc1cc2cccc(Cl)c2[nH]c1=O)C(=O)O. The molecule has 0 amide bonds. The Morgan fingerprint density at radius 3 is 2.74 bits per heavy atom. The number of aliphatic carboxylic acids is 1. The van der Waals surface area contributed by atoms with Crippen LogP contribution in [0.25, 0.3) is 10.9 Å². The predicted octanol–water partition coefficient (Wildman–Crippen LogP) is 2.83. The summed E-state index contributed by atoms with van der Waals surface area (Å²) >= 11 is 6.00. The minimum absolute atomic E-state index is 0.167. The van der Waals surface area contributed by atoms with Crippen molar-refractivity contribution in [2.24, 2.45) is 5.41 Å². The summed E-state index contributed by atoms with van der Waals surface area (Å²) in [5.74, 6) is -0.932. The van der Waals surface area contributed by atoms with Crippen molar-refractivity contribution in [2.45, 2.75) is 20.3 Å². The summed E-state index contributed by atoms with van der Waals surface area (Å²) in [6, 6.07) is 7.01. The molecule has 4 nitrogen and oxygen atoms in total. The Morgan fingerprint density at radius 1 is 1.42 bits per heavy atom. The van der Waals surface area contributed by atoms with E-state index in [2.05, 4.69) is 4.98 Å². The van der Waals surface area contributed by atoms with Crippen LogP contribution in [0.2, 0.25) is 5.02 Å². The average Bonchev–Trinajstić information content (AvgIpc) is 2.31. The highest BCUT2D eigenvalue weighted by Gasteiger charge is 2.28. The molecule has 2 aromatic rings. The van der Waals surface area contributed by atoms with Crippen LogP contribution in [0.1, 0.15) is 19.4 Å². The second-order valence-electron chi connectivity index (χ2n) is 5.19. The van der Waals surface area contributed by atoms with E-state index in [9.17, 15) is 9.59 Å².